The number of carbonyl (C=O) groups is 2. The Morgan fingerprint density at radius 3 is 2.64 bits per heavy atom. The first kappa shape index (κ1) is 19.2. The van der Waals surface area contributed by atoms with Gasteiger partial charge in [0.2, 0.25) is 5.91 Å². The maximum absolute atomic E-state index is 11.5. The molecule has 1 saturated heterocycles. The average molecular weight is 337 g/mol. The molecule has 0 saturated carbocycles. The van der Waals surface area contributed by atoms with Crippen LogP contribution in [0.3, 0.4) is 0 Å². The first-order valence-electron chi connectivity index (χ1n) is 7.11. The van der Waals surface area contributed by atoms with E-state index in [9.17, 15) is 19.8 Å². The number of carbonyl (C=O) groups excluding carboxylic acids is 2. The smallest absolute Gasteiger partial charge is 0.304 e. The van der Waals surface area contributed by atoms with Crippen molar-refractivity contribution < 1.29 is 33.5 Å². The van der Waals surface area contributed by atoms with Gasteiger partial charge < -0.3 is 29.2 Å². The number of rotatable bonds is 7. The van der Waals surface area contributed by atoms with Gasteiger partial charge in [0.05, 0.1) is 6.61 Å². The van der Waals surface area contributed by atoms with Gasteiger partial charge >= 0.3 is 5.97 Å². The molecular formula is C13H23NO7S. The van der Waals surface area contributed by atoms with Gasteiger partial charge in [-0.25, -0.2) is 0 Å². The molecule has 1 heterocycles. The lowest BCUT2D eigenvalue weighted by molar-refractivity contribution is -0.182. The van der Waals surface area contributed by atoms with Gasteiger partial charge in [-0.15, -0.1) is 0 Å². The molecule has 1 fully saturated rings. The number of hydrogen-bond acceptors (Lipinski definition) is 8. The molecule has 0 aromatic carbocycles. The first-order chi connectivity index (χ1) is 10.3. The largest absolute Gasteiger partial charge is 0.436 e. The molecule has 128 valence electrons. The summed E-state index contributed by atoms with van der Waals surface area (Å²) in [4.78, 5) is 22.3. The Morgan fingerprint density at radius 2 is 2.05 bits per heavy atom. The van der Waals surface area contributed by atoms with Crippen LogP contribution in [0.2, 0.25) is 0 Å². The van der Waals surface area contributed by atoms with Crippen LogP contribution in [0.1, 0.15) is 33.6 Å². The van der Waals surface area contributed by atoms with E-state index in [1.165, 1.54) is 13.8 Å². The molecule has 0 aliphatic carbocycles. The van der Waals surface area contributed by atoms with Gasteiger partial charge in [-0.1, -0.05) is 6.92 Å². The zero-order valence-electron chi connectivity index (χ0n) is 12.9. The summed E-state index contributed by atoms with van der Waals surface area (Å²) < 4.78 is 15.3. The Morgan fingerprint density at radius 1 is 1.36 bits per heavy atom. The molecule has 5 atom stereocenters. The topological polar surface area (TPSA) is 114 Å². The summed E-state index contributed by atoms with van der Waals surface area (Å²) in [6, 6.07) is 0. The van der Waals surface area contributed by atoms with Crippen LogP contribution in [0, 0.1) is 0 Å². The Bertz CT molecular complexity index is 381. The SMILES string of the molecule is CCCC(=O)N[C@H]1SO[C@H](COC(C)OC(C)=O)[C@@H](O)[C@@H]1O. The summed E-state index contributed by atoms with van der Waals surface area (Å²) in [6.45, 7) is 4.60. The van der Waals surface area contributed by atoms with Crippen LogP contribution in [0.4, 0.5) is 0 Å². The summed E-state index contributed by atoms with van der Waals surface area (Å²) in [5.41, 5.74) is 0. The second-order valence-electron chi connectivity index (χ2n) is 4.96. The third-order valence-electron chi connectivity index (χ3n) is 2.93. The minimum absolute atomic E-state index is 0.0602. The summed E-state index contributed by atoms with van der Waals surface area (Å²) >= 11 is 0.873. The van der Waals surface area contributed by atoms with Crippen LogP contribution in [0.5, 0.6) is 0 Å². The van der Waals surface area contributed by atoms with Crippen molar-refractivity contribution in [1.29, 1.82) is 0 Å². The number of nitrogens with one attached hydrogen (secondary N) is 1. The maximum atomic E-state index is 11.5. The van der Waals surface area contributed by atoms with E-state index in [1.807, 2.05) is 6.92 Å². The third kappa shape index (κ3) is 6.09. The van der Waals surface area contributed by atoms with Crippen molar-refractivity contribution in [2.75, 3.05) is 6.61 Å². The van der Waals surface area contributed by atoms with Crippen LogP contribution in [0.25, 0.3) is 0 Å². The van der Waals surface area contributed by atoms with Gasteiger partial charge in [0.1, 0.15) is 23.7 Å². The van der Waals surface area contributed by atoms with Crippen molar-refractivity contribution in [3.63, 3.8) is 0 Å². The van der Waals surface area contributed by atoms with E-state index in [2.05, 4.69) is 5.32 Å². The number of aliphatic hydroxyl groups is 2. The second kappa shape index (κ2) is 9.31. The molecule has 1 amide bonds. The lowest BCUT2D eigenvalue weighted by Crippen LogP contribution is -2.55. The van der Waals surface area contributed by atoms with Crippen molar-refractivity contribution in [3.8, 4) is 0 Å². The molecular weight excluding hydrogens is 314 g/mol. The minimum Gasteiger partial charge on any atom is -0.436 e. The quantitative estimate of drug-likeness (QED) is 0.336. The predicted molar refractivity (Wildman–Crippen MR) is 78.5 cm³/mol. The number of aliphatic hydroxyl groups excluding tert-OH is 2. The zero-order chi connectivity index (χ0) is 16.7. The van der Waals surface area contributed by atoms with Crippen LogP contribution in [0.15, 0.2) is 0 Å². The number of esters is 1. The fraction of sp³-hybridized carbons (Fsp3) is 0.846. The monoisotopic (exact) mass is 337 g/mol. The maximum Gasteiger partial charge on any atom is 0.304 e. The third-order valence-corrected chi connectivity index (χ3v) is 3.89. The number of ether oxygens (including phenoxy) is 2. The van der Waals surface area contributed by atoms with Gasteiger partial charge in [-0.2, -0.15) is 0 Å². The molecule has 1 rings (SSSR count). The zero-order valence-corrected chi connectivity index (χ0v) is 13.7. The molecule has 9 heteroatoms. The lowest BCUT2D eigenvalue weighted by atomic mass is 10.1. The number of hydrogen-bond donors (Lipinski definition) is 3. The molecule has 0 bridgehead atoms. The summed E-state index contributed by atoms with van der Waals surface area (Å²) in [5.74, 6) is -0.696. The van der Waals surface area contributed by atoms with Gasteiger partial charge in [-0.3, -0.25) is 9.59 Å². The molecule has 0 aromatic heterocycles. The highest BCUT2D eigenvalue weighted by molar-refractivity contribution is 7.95. The van der Waals surface area contributed by atoms with Crippen LogP contribution < -0.4 is 5.32 Å². The molecule has 1 aliphatic rings. The van der Waals surface area contributed by atoms with Crippen LogP contribution >= 0.6 is 12.0 Å². The van der Waals surface area contributed by atoms with Crippen molar-refractivity contribution in [2.24, 2.45) is 0 Å². The van der Waals surface area contributed by atoms with Gasteiger partial charge in [0.25, 0.3) is 0 Å². The first-order valence-corrected chi connectivity index (χ1v) is 7.92. The molecule has 0 radical (unpaired) electrons. The number of amides is 1. The molecule has 0 aromatic rings. The summed E-state index contributed by atoms with van der Waals surface area (Å²) in [6.07, 6.45) is -2.95. The van der Waals surface area contributed by atoms with Crippen molar-refractivity contribution in [2.45, 2.75) is 63.6 Å². The van der Waals surface area contributed by atoms with Crippen LogP contribution in [-0.2, 0) is 23.2 Å². The van der Waals surface area contributed by atoms with E-state index < -0.39 is 35.9 Å². The summed E-state index contributed by atoms with van der Waals surface area (Å²) in [7, 11) is 0. The fourth-order valence-electron chi connectivity index (χ4n) is 1.84. The fourth-order valence-corrected chi connectivity index (χ4v) is 2.72. The standard InChI is InChI=1S/C13H23NO7S/c1-4-5-10(16)14-13-12(18)11(17)9(21-22-13)6-19-8(3)20-7(2)15/h8-9,11-13,17-18H,4-6H2,1-3H3,(H,14,16)/t8?,9-,11-,12+,13+/m1/s1. The Labute approximate surface area is 133 Å². The molecule has 22 heavy (non-hydrogen) atoms. The molecule has 8 nitrogen and oxygen atoms in total. The average Bonchev–Trinajstić information content (AvgIpc) is 2.42. The highest BCUT2D eigenvalue weighted by Crippen LogP contribution is 2.28. The Hall–Kier alpha value is -0.870. The van der Waals surface area contributed by atoms with E-state index in [-0.39, 0.29) is 12.5 Å². The highest BCUT2D eigenvalue weighted by Gasteiger charge is 2.40. The van der Waals surface area contributed by atoms with Gasteiger partial charge in [0.15, 0.2) is 6.29 Å². The minimum atomic E-state index is -1.22. The molecule has 1 unspecified atom stereocenters. The molecule has 1 aliphatic heterocycles. The predicted octanol–water partition coefficient (Wildman–Crippen LogP) is -0.0767. The normalized spacial score (nSPS) is 29.7. The Balaban J connectivity index is 2.42. The highest BCUT2D eigenvalue weighted by atomic mass is 32.2. The van der Waals surface area contributed by atoms with E-state index in [0.717, 1.165) is 12.0 Å². The van der Waals surface area contributed by atoms with Crippen molar-refractivity contribution >= 4 is 23.9 Å². The van der Waals surface area contributed by atoms with Crippen LogP contribution in [-0.4, -0.2) is 58.7 Å². The van der Waals surface area contributed by atoms with Crippen molar-refractivity contribution in [1.82, 2.24) is 5.32 Å². The van der Waals surface area contributed by atoms with Crippen molar-refractivity contribution in [3.05, 3.63) is 0 Å². The van der Waals surface area contributed by atoms with Gasteiger partial charge in [0, 0.05) is 25.4 Å². The Kier molecular flexibility index (Phi) is 8.12. The lowest BCUT2D eigenvalue weighted by Gasteiger charge is -2.36. The van der Waals surface area contributed by atoms with Gasteiger partial charge in [-0.05, 0) is 13.3 Å². The molecule has 3 N–H and O–H groups in total. The van der Waals surface area contributed by atoms with E-state index in [0.29, 0.717) is 12.8 Å². The second-order valence-corrected chi connectivity index (χ2v) is 5.85. The van der Waals surface area contributed by atoms with E-state index in [1.54, 1.807) is 0 Å². The van der Waals surface area contributed by atoms with E-state index in [4.69, 9.17) is 13.7 Å². The molecule has 0 spiro atoms. The summed E-state index contributed by atoms with van der Waals surface area (Å²) in [5, 5.41) is 21.9. The van der Waals surface area contributed by atoms with E-state index >= 15 is 0 Å².